The molecule has 0 aromatic rings. The van der Waals surface area contributed by atoms with Crippen LogP contribution in [0, 0.1) is 5.92 Å². The van der Waals surface area contributed by atoms with E-state index in [0.717, 1.165) is 26.1 Å². The van der Waals surface area contributed by atoms with E-state index in [1.54, 1.807) is 7.11 Å². The van der Waals surface area contributed by atoms with E-state index >= 15 is 0 Å². The van der Waals surface area contributed by atoms with Crippen molar-refractivity contribution in [1.29, 1.82) is 0 Å². The molecule has 122 valence electrons. The van der Waals surface area contributed by atoms with Crippen LogP contribution in [-0.4, -0.2) is 39.1 Å². The number of hydrogen-bond acceptors (Lipinski definition) is 3. The van der Waals surface area contributed by atoms with Crippen LogP contribution in [0.4, 0.5) is 0 Å². The molecule has 0 radical (unpaired) electrons. The summed E-state index contributed by atoms with van der Waals surface area (Å²) in [4.78, 5) is 0. The van der Waals surface area contributed by atoms with Gasteiger partial charge in [-0.05, 0) is 33.1 Å². The maximum Gasteiger partial charge on any atom is 0.102 e. The second kappa shape index (κ2) is 11.0. The van der Waals surface area contributed by atoms with E-state index in [4.69, 9.17) is 14.2 Å². The van der Waals surface area contributed by atoms with E-state index in [9.17, 15) is 0 Å². The second-order valence-corrected chi connectivity index (χ2v) is 5.82. The van der Waals surface area contributed by atoms with Gasteiger partial charge >= 0.3 is 0 Å². The zero-order valence-electron chi connectivity index (χ0n) is 14.1. The van der Waals surface area contributed by atoms with Crippen LogP contribution in [0.3, 0.4) is 0 Å². The number of ether oxygens (including phenoxy) is 3. The van der Waals surface area contributed by atoms with Crippen molar-refractivity contribution in [2.45, 2.75) is 58.7 Å². The molecule has 0 bridgehead atoms. The van der Waals surface area contributed by atoms with Gasteiger partial charge in [-0.1, -0.05) is 37.1 Å². The molecule has 1 aliphatic rings. The molecule has 0 aromatic heterocycles. The minimum Gasteiger partial charge on any atom is -0.377 e. The summed E-state index contributed by atoms with van der Waals surface area (Å²) in [5.41, 5.74) is 1.27. The molecule has 0 aromatic carbocycles. The van der Waals surface area contributed by atoms with E-state index in [-0.39, 0.29) is 12.2 Å². The van der Waals surface area contributed by atoms with Gasteiger partial charge in [0, 0.05) is 26.2 Å². The van der Waals surface area contributed by atoms with Crippen molar-refractivity contribution < 1.29 is 14.2 Å². The molecule has 0 saturated carbocycles. The average Bonchev–Trinajstić information content (AvgIpc) is 2.46. The summed E-state index contributed by atoms with van der Waals surface area (Å²) in [5.74, 6) is 0.297. The molecule has 3 nitrogen and oxygen atoms in total. The molecule has 21 heavy (non-hydrogen) atoms. The molecule has 0 N–H and O–H groups in total. The van der Waals surface area contributed by atoms with Gasteiger partial charge in [0.1, 0.15) is 6.10 Å². The van der Waals surface area contributed by atoms with Gasteiger partial charge in [-0.2, -0.15) is 0 Å². The lowest BCUT2D eigenvalue weighted by molar-refractivity contribution is -0.0486. The zero-order valence-corrected chi connectivity index (χ0v) is 14.1. The summed E-state index contributed by atoms with van der Waals surface area (Å²) in [6.45, 7) is 8.63. The zero-order chi connectivity index (χ0) is 15.5. The molecule has 0 aliphatic carbocycles. The molecule has 3 heteroatoms. The van der Waals surface area contributed by atoms with Crippen LogP contribution >= 0.6 is 0 Å². The standard InChI is InChI=1S/C18H32O3/c1-5-21-18-16(3)13-15(2)14-20-12-10-8-6-7-9-11-17(18)19-4/h9,11,13,16-18H,5-8,10,12,14H2,1-4H3/b11-9+,15-13-/t16-,17+,18+/m1/s1. The first-order valence-electron chi connectivity index (χ1n) is 8.25. The fraction of sp³-hybridized carbons (Fsp3) is 0.778. The molecule has 1 rings (SSSR count). The Morgan fingerprint density at radius 1 is 1.29 bits per heavy atom. The Morgan fingerprint density at radius 2 is 2.10 bits per heavy atom. The van der Waals surface area contributed by atoms with Crippen LogP contribution in [0.25, 0.3) is 0 Å². The Kier molecular flexibility index (Phi) is 9.64. The third-order valence-corrected chi connectivity index (χ3v) is 3.84. The summed E-state index contributed by atoms with van der Waals surface area (Å²) < 4.78 is 17.3. The summed E-state index contributed by atoms with van der Waals surface area (Å²) in [5, 5.41) is 0. The molecule has 0 saturated heterocycles. The molecule has 1 aliphatic heterocycles. The number of hydrogen-bond donors (Lipinski definition) is 0. The number of allylic oxidation sites excluding steroid dienone is 1. The lowest BCUT2D eigenvalue weighted by Gasteiger charge is -2.28. The highest BCUT2D eigenvalue weighted by Crippen LogP contribution is 2.19. The predicted octanol–water partition coefficient (Wildman–Crippen LogP) is 4.14. The monoisotopic (exact) mass is 296 g/mol. The van der Waals surface area contributed by atoms with E-state index < -0.39 is 0 Å². The quantitative estimate of drug-likeness (QED) is 0.733. The Labute approximate surface area is 130 Å². The van der Waals surface area contributed by atoms with Gasteiger partial charge in [0.15, 0.2) is 0 Å². The van der Waals surface area contributed by atoms with Crippen molar-refractivity contribution >= 4 is 0 Å². The fourth-order valence-electron chi connectivity index (χ4n) is 2.76. The van der Waals surface area contributed by atoms with Gasteiger partial charge < -0.3 is 14.2 Å². The molecule has 1 heterocycles. The molecular formula is C18H32O3. The lowest BCUT2D eigenvalue weighted by atomic mass is 9.96. The first kappa shape index (κ1) is 18.4. The summed E-state index contributed by atoms with van der Waals surface area (Å²) in [7, 11) is 1.76. The average molecular weight is 296 g/mol. The van der Waals surface area contributed by atoms with Gasteiger partial charge in [0.05, 0.1) is 12.7 Å². The van der Waals surface area contributed by atoms with Crippen molar-refractivity contribution in [3.05, 3.63) is 23.8 Å². The molecule has 3 atom stereocenters. The minimum atomic E-state index is 0.00728. The fourth-order valence-corrected chi connectivity index (χ4v) is 2.76. The first-order valence-corrected chi connectivity index (χ1v) is 8.25. The van der Waals surface area contributed by atoms with Crippen LogP contribution < -0.4 is 0 Å². The van der Waals surface area contributed by atoms with Gasteiger partial charge in [-0.15, -0.1) is 0 Å². The van der Waals surface area contributed by atoms with E-state index in [1.807, 2.05) is 6.92 Å². The Hall–Kier alpha value is -0.640. The van der Waals surface area contributed by atoms with Crippen LogP contribution in [0.1, 0.15) is 46.5 Å². The highest BCUT2D eigenvalue weighted by molar-refractivity contribution is 5.06. The summed E-state index contributed by atoms with van der Waals surface area (Å²) in [6.07, 6.45) is 11.4. The smallest absolute Gasteiger partial charge is 0.102 e. The van der Waals surface area contributed by atoms with Crippen molar-refractivity contribution in [2.24, 2.45) is 5.92 Å². The topological polar surface area (TPSA) is 27.7 Å². The summed E-state index contributed by atoms with van der Waals surface area (Å²) in [6, 6.07) is 0. The van der Waals surface area contributed by atoms with Crippen LogP contribution in [0.2, 0.25) is 0 Å². The normalized spacial score (nSPS) is 33.7. The maximum absolute atomic E-state index is 5.95. The van der Waals surface area contributed by atoms with Crippen molar-refractivity contribution in [3.8, 4) is 0 Å². The highest BCUT2D eigenvalue weighted by atomic mass is 16.5. The lowest BCUT2D eigenvalue weighted by Crippen LogP contribution is -2.34. The largest absolute Gasteiger partial charge is 0.377 e. The molecule has 0 amide bonds. The molecule has 0 fully saturated rings. The van der Waals surface area contributed by atoms with Gasteiger partial charge in [0.25, 0.3) is 0 Å². The van der Waals surface area contributed by atoms with E-state index in [2.05, 4.69) is 32.1 Å². The van der Waals surface area contributed by atoms with Crippen molar-refractivity contribution in [1.82, 2.24) is 0 Å². The number of rotatable bonds is 3. The second-order valence-electron chi connectivity index (χ2n) is 5.82. The SMILES string of the molecule is CCO[C@H]1[C@H](C)/C=C(/C)COCCCCC/C=C/[C@@H]1OC. The molecule has 0 spiro atoms. The first-order chi connectivity index (χ1) is 10.2. The maximum atomic E-state index is 5.95. The third-order valence-electron chi connectivity index (χ3n) is 3.84. The third kappa shape index (κ3) is 7.25. The van der Waals surface area contributed by atoms with Crippen molar-refractivity contribution in [2.75, 3.05) is 26.9 Å². The van der Waals surface area contributed by atoms with Gasteiger partial charge in [-0.25, -0.2) is 0 Å². The van der Waals surface area contributed by atoms with Gasteiger partial charge in [-0.3, -0.25) is 0 Å². The Morgan fingerprint density at radius 3 is 2.81 bits per heavy atom. The van der Waals surface area contributed by atoms with Gasteiger partial charge in [0.2, 0.25) is 0 Å². The minimum absolute atomic E-state index is 0.00728. The summed E-state index contributed by atoms with van der Waals surface area (Å²) >= 11 is 0. The highest BCUT2D eigenvalue weighted by Gasteiger charge is 2.24. The Bertz CT molecular complexity index is 322. The van der Waals surface area contributed by atoms with Crippen LogP contribution in [-0.2, 0) is 14.2 Å². The predicted molar refractivity (Wildman–Crippen MR) is 87.6 cm³/mol. The van der Waals surface area contributed by atoms with Crippen LogP contribution in [0.15, 0.2) is 23.8 Å². The van der Waals surface area contributed by atoms with Crippen LogP contribution in [0.5, 0.6) is 0 Å². The van der Waals surface area contributed by atoms with Crippen molar-refractivity contribution in [3.63, 3.8) is 0 Å². The molecule has 0 unspecified atom stereocenters. The van der Waals surface area contributed by atoms with E-state index in [0.29, 0.717) is 12.5 Å². The Balaban J connectivity index is 2.83. The molecular weight excluding hydrogens is 264 g/mol. The van der Waals surface area contributed by atoms with E-state index in [1.165, 1.54) is 18.4 Å². The number of methoxy groups -OCH3 is 1.